The molecular formula is C17H16F3N. The van der Waals surface area contributed by atoms with Gasteiger partial charge in [-0.1, -0.05) is 18.2 Å². The number of nitrogens with one attached hydrogen (secondary N) is 1. The van der Waals surface area contributed by atoms with Gasteiger partial charge in [-0.15, -0.1) is 0 Å². The van der Waals surface area contributed by atoms with Gasteiger partial charge in [0, 0.05) is 18.2 Å². The number of rotatable bonds is 4. The quantitative estimate of drug-likeness (QED) is 0.884. The molecule has 2 aromatic rings. The van der Waals surface area contributed by atoms with Gasteiger partial charge in [-0.25, -0.2) is 13.2 Å². The molecule has 2 aromatic carbocycles. The molecule has 1 aliphatic carbocycles. The molecule has 110 valence electrons. The monoisotopic (exact) mass is 291 g/mol. The molecule has 1 fully saturated rings. The van der Waals surface area contributed by atoms with Gasteiger partial charge in [0.25, 0.3) is 0 Å². The average molecular weight is 291 g/mol. The van der Waals surface area contributed by atoms with E-state index in [0.717, 1.165) is 12.8 Å². The third-order valence-electron chi connectivity index (χ3n) is 3.79. The third kappa shape index (κ3) is 2.95. The van der Waals surface area contributed by atoms with Crippen molar-refractivity contribution in [2.45, 2.75) is 32.4 Å². The Morgan fingerprint density at radius 1 is 1.00 bits per heavy atom. The molecule has 0 aliphatic heterocycles. The van der Waals surface area contributed by atoms with Crippen molar-refractivity contribution in [1.29, 1.82) is 0 Å². The molecule has 0 bridgehead atoms. The first-order valence-electron chi connectivity index (χ1n) is 7.03. The van der Waals surface area contributed by atoms with Crippen molar-refractivity contribution >= 4 is 0 Å². The SMILES string of the molecule is Cc1ccc(-c2ccc(F)cc2CNC2CC2)c(F)c1F. The molecule has 0 saturated heterocycles. The highest BCUT2D eigenvalue weighted by Crippen LogP contribution is 2.30. The Balaban J connectivity index is 2.02. The van der Waals surface area contributed by atoms with E-state index in [2.05, 4.69) is 5.32 Å². The zero-order valence-electron chi connectivity index (χ0n) is 11.7. The van der Waals surface area contributed by atoms with Crippen LogP contribution in [0.2, 0.25) is 0 Å². The van der Waals surface area contributed by atoms with Crippen LogP contribution in [0.3, 0.4) is 0 Å². The largest absolute Gasteiger partial charge is 0.310 e. The molecule has 0 radical (unpaired) electrons. The van der Waals surface area contributed by atoms with E-state index in [-0.39, 0.29) is 16.9 Å². The van der Waals surface area contributed by atoms with E-state index in [1.807, 2.05) is 0 Å². The van der Waals surface area contributed by atoms with Crippen LogP contribution in [-0.2, 0) is 6.54 Å². The maximum Gasteiger partial charge on any atom is 0.166 e. The van der Waals surface area contributed by atoms with Crippen LogP contribution in [0, 0.1) is 24.4 Å². The van der Waals surface area contributed by atoms with Crippen molar-refractivity contribution in [2.24, 2.45) is 0 Å². The summed E-state index contributed by atoms with van der Waals surface area (Å²) in [5.41, 5.74) is 1.60. The summed E-state index contributed by atoms with van der Waals surface area (Å²) in [6, 6.07) is 7.69. The van der Waals surface area contributed by atoms with Gasteiger partial charge in [-0.2, -0.15) is 0 Å². The fourth-order valence-corrected chi connectivity index (χ4v) is 2.37. The Labute approximate surface area is 121 Å². The highest BCUT2D eigenvalue weighted by molar-refractivity contribution is 5.68. The molecule has 1 N–H and O–H groups in total. The molecule has 0 unspecified atom stereocenters. The summed E-state index contributed by atoms with van der Waals surface area (Å²) in [6.45, 7) is 1.97. The third-order valence-corrected chi connectivity index (χ3v) is 3.79. The summed E-state index contributed by atoms with van der Waals surface area (Å²) in [4.78, 5) is 0. The first-order chi connectivity index (χ1) is 10.1. The molecular weight excluding hydrogens is 275 g/mol. The number of hydrogen-bond donors (Lipinski definition) is 1. The molecule has 1 saturated carbocycles. The minimum Gasteiger partial charge on any atom is -0.310 e. The predicted molar refractivity (Wildman–Crippen MR) is 76.4 cm³/mol. The van der Waals surface area contributed by atoms with E-state index in [1.54, 1.807) is 6.07 Å². The molecule has 1 aliphatic rings. The van der Waals surface area contributed by atoms with Gasteiger partial charge in [0.15, 0.2) is 11.6 Å². The fourth-order valence-electron chi connectivity index (χ4n) is 2.37. The van der Waals surface area contributed by atoms with Crippen LogP contribution in [0.1, 0.15) is 24.0 Å². The Bertz CT molecular complexity index is 678. The zero-order chi connectivity index (χ0) is 15.0. The molecule has 3 rings (SSSR count). The van der Waals surface area contributed by atoms with Crippen molar-refractivity contribution < 1.29 is 13.2 Å². The average Bonchev–Trinajstić information content (AvgIpc) is 3.28. The van der Waals surface area contributed by atoms with Crippen LogP contribution < -0.4 is 5.32 Å². The van der Waals surface area contributed by atoms with Crippen LogP contribution >= 0.6 is 0 Å². The van der Waals surface area contributed by atoms with Gasteiger partial charge in [-0.3, -0.25) is 0 Å². The Hall–Kier alpha value is -1.81. The molecule has 0 amide bonds. The smallest absolute Gasteiger partial charge is 0.166 e. The van der Waals surface area contributed by atoms with Crippen molar-refractivity contribution in [2.75, 3.05) is 0 Å². The summed E-state index contributed by atoms with van der Waals surface area (Å²) in [5.74, 6) is -2.11. The molecule has 4 heteroatoms. The van der Waals surface area contributed by atoms with Gasteiger partial charge < -0.3 is 5.32 Å². The second-order valence-electron chi connectivity index (χ2n) is 5.51. The van der Waals surface area contributed by atoms with E-state index in [0.29, 0.717) is 23.7 Å². The van der Waals surface area contributed by atoms with E-state index >= 15 is 0 Å². The van der Waals surface area contributed by atoms with E-state index in [9.17, 15) is 13.2 Å². The summed E-state index contributed by atoms with van der Waals surface area (Å²) in [6.07, 6.45) is 2.22. The molecule has 0 heterocycles. The minimum atomic E-state index is -0.880. The van der Waals surface area contributed by atoms with E-state index < -0.39 is 11.6 Å². The topological polar surface area (TPSA) is 12.0 Å². The second kappa shape index (κ2) is 5.53. The second-order valence-corrected chi connectivity index (χ2v) is 5.51. The minimum absolute atomic E-state index is 0.172. The Kier molecular flexibility index (Phi) is 3.72. The van der Waals surface area contributed by atoms with E-state index in [1.165, 1.54) is 31.2 Å². The van der Waals surface area contributed by atoms with Crippen molar-refractivity contribution in [3.63, 3.8) is 0 Å². The van der Waals surface area contributed by atoms with E-state index in [4.69, 9.17) is 0 Å². The van der Waals surface area contributed by atoms with Crippen LogP contribution in [0.25, 0.3) is 11.1 Å². The van der Waals surface area contributed by atoms with Crippen LogP contribution in [0.5, 0.6) is 0 Å². The molecule has 0 aromatic heterocycles. The number of benzene rings is 2. The maximum atomic E-state index is 14.2. The first-order valence-corrected chi connectivity index (χ1v) is 7.03. The van der Waals surface area contributed by atoms with Gasteiger partial charge in [0.1, 0.15) is 5.82 Å². The number of aryl methyl sites for hydroxylation is 1. The highest BCUT2D eigenvalue weighted by atomic mass is 19.2. The molecule has 1 nitrogen and oxygen atoms in total. The predicted octanol–water partition coefficient (Wildman–Crippen LogP) is 4.33. The number of halogens is 3. The Morgan fingerprint density at radius 2 is 1.71 bits per heavy atom. The van der Waals surface area contributed by atoms with Gasteiger partial charge in [0.05, 0.1) is 0 Å². The van der Waals surface area contributed by atoms with Crippen LogP contribution in [0.4, 0.5) is 13.2 Å². The van der Waals surface area contributed by atoms with Gasteiger partial charge in [0.2, 0.25) is 0 Å². The standard InChI is InChI=1S/C17H16F3N/c1-10-2-6-15(17(20)16(10)19)14-7-3-12(18)8-11(14)9-21-13-4-5-13/h2-3,6-8,13,21H,4-5,9H2,1H3. The van der Waals surface area contributed by atoms with Crippen LogP contribution in [0.15, 0.2) is 30.3 Å². The lowest BCUT2D eigenvalue weighted by molar-refractivity contribution is 0.505. The van der Waals surface area contributed by atoms with Crippen LogP contribution in [-0.4, -0.2) is 6.04 Å². The first kappa shape index (κ1) is 14.1. The maximum absolute atomic E-state index is 14.2. The molecule has 0 spiro atoms. The summed E-state index contributed by atoms with van der Waals surface area (Å²) in [5, 5.41) is 3.27. The lowest BCUT2D eigenvalue weighted by Crippen LogP contribution is -2.16. The normalized spacial score (nSPS) is 14.5. The lowest BCUT2D eigenvalue weighted by atomic mass is 9.97. The summed E-state index contributed by atoms with van der Waals surface area (Å²) < 4.78 is 41.3. The zero-order valence-corrected chi connectivity index (χ0v) is 11.7. The molecule has 0 atom stereocenters. The van der Waals surface area contributed by atoms with Crippen molar-refractivity contribution in [3.8, 4) is 11.1 Å². The summed E-state index contributed by atoms with van der Waals surface area (Å²) >= 11 is 0. The summed E-state index contributed by atoms with van der Waals surface area (Å²) in [7, 11) is 0. The van der Waals surface area contributed by atoms with Crippen molar-refractivity contribution in [1.82, 2.24) is 5.32 Å². The fraction of sp³-hybridized carbons (Fsp3) is 0.294. The Morgan fingerprint density at radius 3 is 2.43 bits per heavy atom. The van der Waals surface area contributed by atoms with Crippen molar-refractivity contribution in [3.05, 3.63) is 58.9 Å². The van der Waals surface area contributed by atoms with Gasteiger partial charge in [-0.05, 0) is 48.6 Å². The van der Waals surface area contributed by atoms with Gasteiger partial charge >= 0.3 is 0 Å². The molecule has 21 heavy (non-hydrogen) atoms. The highest BCUT2D eigenvalue weighted by Gasteiger charge is 2.21. The lowest BCUT2D eigenvalue weighted by Gasteiger charge is -2.13. The number of hydrogen-bond acceptors (Lipinski definition) is 1.